The second kappa shape index (κ2) is 63.3. The van der Waals surface area contributed by atoms with Gasteiger partial charge in [-0.2, -0.15) is 0 Å². The zero-order valence-electron chi connectivity index (χ0n) is 49.5. The highest BCUT2D eigenvalue weighted by molar-refractivity contribution is 5.71. The molecule has 0 radical (unpaired) electrons. The molecule has 76 heavy (non-hydrogen) atoms. The fourth-order valence-corrected chi connectivity index (χ4v) is 8.51. The molecule has 0 amide bonds. The Morgan fingerprint density at radius 1 is 0.276 bits per heavy atom. The van der Waals surface area contributed by atoms with Gasteiger partial charge in [-0.1, -0.05) is 258 Å². The van der Waals surface area contributed by atoms with E-state index in [0.29, 0.717) is 19.3 Å². The maximum absolute atomic E-state index is 12.9. The lowest BCUT2D eigenvalue weighted by atomic mass is 10.0. The number of ether oxygens (including phenoxy) is 3. The summed E-state index contributed by atoms with van der Waals surface area (Å²) in [6.07, 6.45) is 87.8. The largest absolute Gasteiger partial charge is 0.462 e. The summed E-state index contributed by atoms with van der Waals surface area (Å²) in [6, 6.07) is 0. The van der Waals surface area contributed by atoms with E-state index < -0.39 is 6.10 Å². The standard InChI is InChI=1S/C70H116O6/c1-4-7-10-13-16-19-22-25-28-30-31-32-33-34-35-36-37-38-39-40-43-45-48-51-54-57-60-63-69(72)75-66-67(65-74-68(71)62-59-56-53-50-47-44-41-27-24-21-18-15-12-9-6-3)76-70(73)64-61-58-55-52-49-46-42-29-26-23-20-17-14-11-8-5-2/h7,9-10,12,16,18-19,21,25,27-29,31-32,34-35,41-42,47,50,67H,4-6,8,11,13-15,17,20,22-24,26,30,33,36-40,43-46,48-49,51-66H2,1-3H3/b10-7-,12-9-,19-16-,21-18-,28-25-,32-31-,35-34-,41-27-,42-29-,50-47-. The van der Waals surface area contributed by atoms with Crippen molar-refractivity contribution in [1.29, 1.82) is 0 Å². The molecule has 0 saturated carbocycles. The second-order valence-corrected chi connectivity index (χ2v) is 20.5. The van der Waals surface area contributed by atoms with Crippen LogP contribution in [0, 0.1) is 0 Å². The molecule has 0 saturated heterocycles. The topological polar surface area (TPSA) is 78.9 Å². The van der Waals surface area contributed by atoms with Crippen molar-refractivity contribution >= 4 is 17.9 Å². The normalized spacial score (nSPS) is 12.9. The van der Waals surface area contributed by atoms with Gasteiger partial charge >= 0.3 is 17.9 Å². The number of esters is 3. The molecule has 0 spiro atoms. The van der Waals surface area contributed by atoms with Crippen molar-refractivity contribution in [3.8, 4) is 0 Å². The van der Waals surface area contributed by atoms with Gasteiger partial charge < -0.3 is 14.2 Å². The van der Waals surface area contributed by atoms with E-state index in [0.717, 1.165) is 128 Å². The van der Waals surface area contributed by atoms with Crippen molar-refractivity contribution in [3.63, 3.8) is 0 Å². The first-order valence-electron chi connectivity index (χ1n) is 31.5. The molecule has 0 heterocycles. The van der Waals surface area contributed by atoms with E-state index in [4.69, 9.17) is 14.2 Å². The minimum atomic E-state index is -0.804. The number of carbonyl (C=O) groups is 3. The third kappa shape index (κ3) is 60.7. The lowest BCUT2D eigenvalue weighted by Crippen LogP contribution is -2.30. The van der Waals surface area contributed by atoms with Crippen molar-refractivity contribution in [1.82, 2.24) is 0 Å². The Morgan fingerprint density at radius 3 is 0.842 bits per heavy atom. The van der Waals surface area contributed by atoms with Crippen LogP contribution in [-0.2, 0) is 28.6 Å². The average Bonchev–Trinajstić information content (AvgIpc) is 3.42. The lowest BCUT2D eigenvalue weighted by Gasteiger charge is -2.18. The van der Waals surface area contributed by atoms with Gasteiger partial charge in [0.25, 0.3) is 0 Å². The summed E-state index contributed by atoms with van der Waals surface area (Å²) in [7, 11) is 0. The molecule has 0 fully saturated rings. The molecule has 1 atom stereocenters. The quantitative estimate of drug-likeness (QED) is 0.0261. The smallest absolute Gasteiger partial charge is 0.306 e. The molecule has 6 heteroatoms. The van der Waals surface area contributed by atoms with Crippen molar-refractivity contribution in [2.45, 2.75) is 290 Å². The van der Waals surface area contributed by atoms with E-state index in [1.165, 1.54) is 116 Å². The summed E-state index contributed by atoms with van der Waals surface area (Å²) in [6.45, 7) is 6.38. The van der Waals surface area contributed by atoms with Crippen LogP contribution in [-0.4, -0.2) is 37.2 Å². The van der Waals surface area contributed by atoms with Crippen LogP contribution in [0.25, 0.3) is 0 Å². The number of hydrogen-bond donors (Lipinski definition) is 0. The first kappa shape index (κ1) is 71.8. The molecular weight excluding hydrogens is 937 g/mol. The van der Waals surface area contributed by atoms with Crippen molar-refractivity contribution < 1.29 is 28.6 Å². The fraction of sp³-hybridized carbons (Fsp3) is 0.671. The maximum Gasteiger partial charge on any atom is 0.306 e. The molecule has 6 nitrogen and oxygen atoms in total. The van der Waals surface area contributed by atoms with Crippen LogP contribution in [0.2, 0.25) is 0 Å². The summed E-state index contributed by atoms with van der Waals surface area (Å²) in [5.74, 6) is -0.948. The predicted molar refractivity (Wildman–Crippen MR) is 330 cm³/mol. The van der Waals surface area contributed by atoms with E-state index in [2.05, 4.69) is 142 Å². The Kier molecular flexibility index (Phi) is 59.9. The highest BCUT2D eigenvalue weighted by atomic mass is 16.6. The van der Waals surface area contributed by atoms with Gasteiger partial charge in [0, 0.05) is 19.3 Å². The molecule has 0 aliphatic rings. The number of carbonyl (C=O) groups excluding carboxylic acids is 3. The van der Waals surface area contributed by atoms with Gasteiger partial charge in [-0.3, -0.25) is 14.4 Å². The van der Waals surface area contributed by atoms with Crippen LogP contribution in [0.4, 0.5) is 0 Å². The third-order valence-electron chi connectivity index (χ3n) is 13.2. The monoisotopic (exact) mass is 1050 g/mol. The molecule has 0 aromatic carbocycles. The Hall–Kier alpha value is -4.19. The van der Waals surface area contributed by atoms with Gasteiger partial charge in [-0.05, 0) is 128 Å². The zero-order chi connectivity index (χ0) is 55.0. The molecule has 0 N–H and O–H groups in total. The second-order valence-electron chi connectivity index (χ2n) is 20.5. The number of allylic oxidation sites excluding steroid dienone is 20. The van der Waals surface area contributed by atoms with Crippen molar-refractivity contribution in [2.24, 2.45) is 0 Å². The summed E-state index contributed by atoms with van der Waals surface area (Å²) in [4.78, 5) is 38.3. The van der Waals surface area contributed by atoms with Crippen molar-refractivity contribution in [2.75, 3.05) is 13.2 Å². The number of unbranched alkanes of at least 4 members (excludes halogenated alkanes) is 25. The Bertz CT molecular complexity index is 1590. The summed E-state index contributed by atoms with van der Waals surface area (Å²) in [5.41, 5.74) is 0. The number of rotatable bonds is 56. The minimum absolute atomic E-state index is 0.0977. The first-order chi connectivity index (χ1) is 37.5. The molecule has 0 aromatic heterocycles. The van der Waals surface area contributed by atoms with Crippen LogP contribution in [0.5, 0.6) is 0 Å². The maximum atomic E-state index is 12.9. The highest BCUT2D eigenvalue weighted by Crippen LogP contribution is 2.15. The SMILES string of the molecule is CC/C=C\C/C=C\C/C=C\C/C=C\C/C=C\CCCCCCCCCCCCCC(=O)OCC(COC(=O)CCCC/C=C\C/C=C\C/C=C\C/C=C\CC)OC(=O)CCCCCCC/C=C\CCCCCCCCC. The lowest BCUT2D eigenvalue weighted by molar-refractivity contribution is -0.167. The predicted octanol–water partition coefficient (Wildman–Crippen LogP) is 21.6. The summed E-state index contributed by atoms with van der Waals surface area (Å²) >= 11 is 0. The Morgan fingerprint density at radius 2 is 0.513 bits per heavy atom. The molecule has 0 aliphatic carbocycles. The molecule has 0 rings (SSSR count). The van der Waals surface area contributed by atoms with Gasteiger partial charge in [0.1, 0.15) is 13.2 Å². The fourth-order valence-electron chi connectivity index (χ4n) is 8.51. The van der Waals surface area contributed by atoms with Crippen LogP contribution >= 0.6 is 0 Å². The van der Waals surface area contributed by atoms with Gasteiger partial charge in [0.15, 0.2) is 6.10 Å². The third-order valence-corrected chi connectivity index (χ3v) is 13.2. The molecule has 432 valence electrons. The van der Waals surface area contributed by atoms with E-state index in [9.17, 15) is 14.4 Å². The Balaban J connectivity index is 4.36. The number of hydrogen-bond acceptors (Lipinski definition) is 6. The van der Waals surface area contributed by atoms with E-state index in [1.807, 2.05) is 0 Å². The van der Waals surface area contributed by atoms with Crippen molar-refractivity contribution in [3.05, 3.63) is 122 Å². The first-order valence-corrected chi connectivity index (χ1v) is 31.5. The van der Waals surface area contributed by atoms with Gasteiger partial charge in [-0.15, -0.1) is 0 Å². The van der Waals surface area contributed by atoms with Crippen LogP contribution < -0.4 is 0 Å². The van der Waals surface area contributed by atoms with Gasteiger partial charge in [0.05, 0.1) is 0 Å². The van der Waals surface area contributed by atoms with E-state index >= 15 is 0 Å². The minimum Gasteiger partial charge on any atom is -0.462 e. The van der Waals surface area contributed by atoms with E-state index in [-0.39, 0.29) is 31.1 Å². The zero-order valence-corrected chi connectivity index (χ0v) is 49.5. The molecule has 0 aliphatic heterocycles. The Labute approximate surface area is 469 Å². The molecule has 0 aromatic rings. The van der Waals surface area contributed by atoms with Crippen LogP contribution in [0.3, 0.4) is 0 Å². The van der Waals surface area contributed by atoms with Crippen LogP contribution in [0.1, 0.15) is 284 Å². The van der Waals surface area contributed by atoms with E-state index in [1.54, 1.807) is 0 Å². The van der Waals surface area contributed by atoms with Crippen LogP contribution in [0.15, 0.2) is 122 Å². The van der Waals surface area contributed by atoms with Gasteiger partial charge in [0.2, 0.25) is 0 Å². The highest BCUT2D eigenvalue weighted by Gasteiger charge is 2.19. The summed E-state index contributed by atoms with van der Waals surface area (Å²) < 4.78 is 16.9. The summed E-state index contributed by atoms with van der Waals surface area (Å²) in [5, 5.41) is 0. The van der Waals surface area contributed by atoms with Gasteiger partial charge in [-0.25, -0.2) is 0 Å². The molecule has 0 bridgehead atoms. The molecule has 1 unspecified atom stereocenters. The molecular formula is C70H116O6. The average molecular weight is 1050 g/mol.